The zero-order valence-electron chi connectivity index (χ0n) is 5.45. The summed E-state index contributed by atoms with van der Waals surface area (Å²) in [5.74, 6) is 0. The molecule has 4 nitrogen and oxygen atoms in total. The average Bonchev–Trinajstić information content (AvgIpc) is 2.08. The van der Waals surface area contributed by atoms with Gasteiger partial charge >= 0.3 is 0 Å². The summed E-state index contributed by atoms with van der Waals surface area (Å²) in [5.41, 5.74) is -0.545. The Kier molecular flexibility index (Phi) is 1.66. The third kappa shape index (κ3) is 0.966. The molecule has 0 atom stereocenters. The van der Waals surface area contributed by atoms with Crippen molar-refractivity contribution in [2.45, 2.75) is 5.60 Å². The Morgan fingerprint density at radius 1 is 1.40 bits per heavy atom. The lowest BCUT2D eigenvalue weighted by molar-refractivity contribution is -0.157. The molecule has 3 aliphatic rings. The summed E-state index contributed by atoms with van der Waals surface area (Å²) in [4.78, 5) is 0. The number of fused-ring (bicyclic) bond motifs is 3. The van der Waals surface area contributed by atoms with E-state index in [9.17, 15) is 0 Å². The summed E-state index contributed by atoms with van der Waals surface area (Å²) in [6, 6.07) is 0. The van der Waals surface area contributed by atoms with Crippen LogP contribution < -0.4 is 0 Å². The minimum absolute atomic E-state index is 0.0177. The van der Waals surface area contributed by atoms with Gasteiger partial charge in [0, 0.05) is 0 Å². The molecule has 0 radical (unpaired) electrons. The summed E-state index contributed by atoms with van der Waals surface area (Å²) in [7, 11) is -0.774. The molecule has 3 aliphatic heterocycles. The monoisotopic (exact) mass is 164 g/mol. The zero-order valence-corrected chi connectivity index (χ0v) is 6.34. The van der Waals surface area contributed by atoms with Crippen molar-refractivity contribution in [1.82, 2.24) is 0 Å². The molecule has 58 valence electrons. The third-order valence-electron chi connectivity index (χ3n) is 1.71. The van der Waals surface area contributed by atoms with Gasteiger partial charge in [0.1, 0.15) is 11.9 Å². The van der Waals surface area contributed by atoms with Gasteiger partial charge < -0.3 is 18.9 Å². The quantitative estimate of drug-likeness (QED) is 0.557. The summed E-state index contributed by atoms with van der Waals surface area (Å²) in [5, 5.41) is 8.89. The maximum atomic E-state index is 8.89. The van der Waals surface area contributed by atoms with E-state index in [1.165, 1.54) is 0 Å². The van der Waals surface area contributed by atoms with Crippen LogP contribution >= 0.6 is 8.38 Å². The van der Waals surface area contributed by atoms with Crippen LogP contribution in [0, 0.1) is 0 Å². The number of rotatable bonds is 1. The zero-order chi connectivity index (χ0) is 7.03. The molecular formula is C5H9O4P. The van der Waals surface area contributed by atoms with Crippen molar-refractivity contribution in [2.75, 3.05) is 26.2 Å². The Morgan fingerprint density at radius 3 is 2.40 bits per heavy atom. The SMILES string of the molecule is OCC12COP(CO1)OC2. The van der Waals surface area contributed by atoms with Crippen molar-refractivity contribution in [1.29, 1.82) is 0 Å². The van der Waals surface area contributed by atoms with Gasteiger partial charge in [-0.1, -0.05) is 0 Å². The lowest BCUT2D eigenvalue weighted by Crippen LogP contribution is -2.51. The number of aliphatic hydroxyl groups is 1. The number of hydrogen-bond acceptors (Lipinski definition) is 4. The van der Waals surface area contributed by atoms with Crippen LogP contribution in [0.25, 0.3) is 0 Å². The Bertz CT molecular complexity index is 118. The molecule has 0 spiro atoms. The highest BCUT2D eigenvalue weighted by atomic mass is 31.2. The predicted octanol–water partition coefficient (Wildman–Crippen LogP) is 0.0639. The second-order valence-corrected chi connectivity index (χ2v) is 3.93. The first-order valence-corrected chi connectivity index (χ1v) is 4.49. The van der Waals surface area contributed by atoms with Crippen molar-refractivity contribution in [3.8, 4) is 0 Å². The van der Waals surface area contributed by atoms with Crippen LogP contribution in [0.4, 0.5) is 0 Å². The highest BCUT2D eigenvalue weighted by molar-refractivity contribution is 7.47. The molecule has 0 aromatic rings. The Balaban J connectivity index is 2.08. The van der Waals surface area contributed by atoms with E-state index >= 15 is 0 Å². The van der Waals surface area contributed by atoms with E-state index in [2.05, 4.69) is 0 Å². The molecule has 3 rings (SSSR count). The fraction of sp³-hybridized carbons (Fsp3) is 1.00. The Labute approximate surface area is 60.0 Å². The van der Waals surface area contributed by atoms with Crippen molar-refractivity contribution in [2.24, 2.45) is 0 Å². The first kappa shape index (κ1) is 6.95. The second-order valence-electron chi connectivity index (χ2n) is 2.49. The lowest BCUT2D eigenvalue weighted by atomic mass is 10.1. The van der Waals surface area contributed by atoms with Gasteiger partial charge in [-0.05, 0) is 0 Å². The standard InChI is InChI=1S/C5H9O4P/c6-1-5-2-8-10(4-7-5)9-3-5/h6H,1-4H2. The topological polar surface area (TPSA) is 47.9 Å². The molecule has 3 heterocycles. The summed E-state index contributed by atoms with van der Waals surface area (Å²) in [6.45, 7) is 0.945. The predicted molar refractivity (Wildman–Crippen MR) is 34.6 cm³/mol. The average molecular weight is 164 g/mol. The number of aliphatic hydroxyl groups excluding tert-OH is 1. The first-order chi connectivity index (χ1) is 4.85. The fourth-order valence-corrected chi connectivity index (χ4v) is 2.30. The van der Waals surface area contributed by atoms with E-state index < -0.39 is 14.0 Å². The molecular weight excluding hydrogens is 155 g/mol. The number of ether oxygens (including phenoxy) is 1. The van der Waals surface area contributed by atoms with Crippen LogP contribution in [-0.4, -0.2) is 36.9 Å². The molecule has 0 amide bonds. The maximum absolute atomic E-state index is 8.89. The van der Waals surface area contributed by atoms with Crippen LogP contribution in [0.2, 0.25) is 0 Å². The van der Waals surface area contributed by atoms with Crippen LogP contribution in [0.3, 0.4) is 0 Å². The van der Waals surface area contributed by atoms with Gasteiger partial charge in [0.25, 0.3) is 0 Å². The first-order valence-electron chi connectivity index (χ1n) is 3.13. The van der Waals surface area contributed by atoms with Crippen LogP contribution in [0.15, 0.2) is 0 Å². The molecule has 3 saturated heterocycles. The highest BCUT2D eigenvalue weighted by Gasteiger charge is 2.43. The molecule has 3 fully saturated rings. The van der Waals surface area contributed by atoms with Crippen molar-refractivity contribution >= 4 is 8.38 Å². The fourth-order valence-electron chi connectivity index (χ4n) is 0.943. The largest absolute Gasteiger partial charge is 0.393 e. The van der Waals surface area contributed by atoms with Gasteiger partial charge in [-0.2, -0.15) is 0 Å². The Morgan fingerprint density at radius 2 is 2.10 bits per heavy atom. The summed E-state index contributed by atoms with van der Waals surface area (Å²) < 4.78 is 15.8. The molecule has 0 aromatic carbocycles. The van der Waals surface area contributed by atoms with Crippen molar-refractivity contribution in [3.63, 3.8) is 0 Å². The smallest absolute Gasteiger partial charge is 0.198 e. The van der Waals surface area contributed by atoms with E-state index in [1.54, 1.807) is 0 Å². The molecule has 2 bridgehead atoms. The van der Waals surface area contributed by atoms with Crippen LogP contribution in [-0.2, 0) is 13.8 Å². The van der Waals surface area contributed by atoms with E-state index in [0.717, 1.165) is 0 Å². The van der Waals surface area contributed by atoms with Crippen molar-refractivity contribution in [3.05, 3.63) is 0 Å². The Hall–Kier alpha value is 0.270. The summed E-state index contributed by atoms with van der Waals surface area (Å²) in [6.07, 6.45) is 0.510. The van der Waals surface area contributed by atoms with Gasteiger partial charge in [-0.3, -0.25) is 0 Å². The molecule has 5 heteroatoms. The molecule has 0 unspecified atom stereocenters. The minimum atomic E-state index is -0.774. The number of hydrogen-bond donors (Lipinski definition) is 1. The maximum Gasteiger partial charge on any atom is 0.198 e. The molecule has 0 aliphatic carbocycles. The molecule has 0 saturated carbocycles. The normalized spacial score (nSPS) is 45.9. The lowest BCUT2D eigenvalue weighted by Gasteiger charge is -2.43. The van der Waals surface area contributed by atoms with Gasteiger partial charge in [-0.15, -0.1) is 0 Å². The van der Waals surface area contributed by atoms with Gasteiger partial charge in [0.05, 0.1) is 19.8 Å². The van der Waals surface area contributed by atoms with Crippen LogP contribution in [0.1, 0.15) is 0 Å². The van der Waals surface area contributed by atoms with Gasteiger partial charge in [-0.25, -0.2) is 0 Å². The van der Waals surface area contributed by atoms with E-state index in [1.807, 2.05) is 0 Å². The minimum Gasteiger partial charge on any atom is -0.393 e. The second kappa shape index (κ2) is 2.40. The van der Waals surface area contributed by atoms with E-state index in [-0.39, 0.29) is 6.61 Å². The van der Waals surface area contributed by atoms with Gasteiger partial charge in [0.2, 0.25) is 0 Å². The molecule has 0 aromatic heterocycles. The van der Waals surface area contributed by atoms with Crippen molar-refractivity contribution < 1.29 is 18.9 Å². The van der Waals surface area contributed by atoms with Gasteiger partial charge in [0.15, 0.2) is 8.38 Å². The van der Waals surface area contributed by atoms with Crippen LogP contribution in [0.5, 0.6) is 0 Å². The molecule has 10 heavy (non-hydrogen) atoms. The van der Waals surface area contributed by atoms with E-state index in [4.69, 9.17) is 18.9 Å². The highest BCUT2D eigenvalue weighted by Crippen LogP contribution is 2.49. The van der Waals surface area contributed by atoms with E-state index in [0.29, 0.717) is 19.6 Å². The molecule has 1 N–H and O–H groups in total. The summed E-state index contributed by atoms with van der Waals surface area (Å²) >= 11 is 0. The third-order valence-corrected chi connectivity index (χ3v) is 2.88.